The van der Waals surface area contributed by atoms with Gasteiger partial charge in [-0.25, -0.2) is 4.39 Å². The average Bonchev–Trinajstić information content (AvgIpc) is 3.29. The number of benzene rings is 2. The summed E-state index contributed by atoms with van der Waals surface area (Å²) in [6.45, 7) is 9.43. The summed E-state index contributed by atoms with van der Waals surface area (Å²) in [4.78, 5) is 19.6. The van der Waals surface area contributed by atoms with Gasteiger partial charge in [0.2, 0.25) is 0 Å². The van der Waals surface area contributed by atoms with Gasteiger partial charge in [0.25, 0.3) is 11.1 Å². The van der Waals surface area contributed by atoms with Gasteiger partial charge in [0.15, 0.2) is 17.3 Å². The molecule has 1 N–H and O–H groups in total. The molecule has 188 valence electrons. The quantitative estimate of drug-likeness (QED) is 0.343. The molecule has 0 saturated heterocycles. The van der Waals surface area contributed by atoms with E-state index in [2.05, 4.69) is 33.4 Å². The number of methoxy groups -OCH3 is 1. The van der Waals surface area contributed by atoms with Crippen LogP contribution in [0.4, 0.5) is 4.39 Å². The van der Waals surface area contributed by atoms with Crippen LogP contribution in [0.2, 0.25) is 0 Å². The maximum absolute atomic E-state index is 13.1. The Balaban J connectivity index is 1.61. The number of amides is 1. The van der Waals surface area contributed by atoms with Crippen molar-refractivity contribution in [3.63, 3.8) is 0 Å². The van der Waals surface area contributed by atoms with Crippen LogP contribution in [0.1, 0.15) is 55.4 Å². The molecule has 0 aliphatic heterocycles. The first kappa shape index (κ1) is 26.6. The van der Waals surface area contributed by atoms with Gasteiger partial charge in [0.05, 0.1) is 7.11 Å². The number of carbonyl (C=O) groups excluding carboxylic acids is 1. The minimum absolute atomic E-state index is 0.0571. The minimum atomic E-state index is -0.283. The lowest BCUT2D eigenvalue weighted by Gasteiger charge is -2.20. The van der Waals surface area contributed by atoms with Crippen LogP contribution in [0.5, 0.6) is 16.7 Å². The number of halogens is 1. The highest BCUT2D eigenvalue weighted by Gasteiger charge is 2.16. The van der Waals surface area contributed by atoms with Crippen molar-refractivity contribution in [2.24, 2.45) is 0 Å². The monoisotopic (exact) mass is 500 g/mol. The number of nitrogens with one attached hydrogen (secondary N) is 1. The summed E-state index contributed by atoms with van der Waals surface area (Å²) in [5.41, 5.74) is 1.38. The lowest BCUT2D eigenvalue weighted by molar-refractivity contribution is 0.0937. The molecule has 0 bridgehead atoms. The first-order valence-corrected chi connectivity index (χ1v) is 12.6. The van der Waals surface area contributed by atoms with Crippen molar-refractivity contribution < 1.29 is 18.7 Å². The summed E-state index contributed by atoms with van der Waals surface area (Å²) in [5.74, 6) is 1.00. The van der Waals surface area contributed by atoms with Gasteiger partial charge < -0.3 is 19.7 Å². The zero-order valence-electron chi connectivity index (χ0n) is 20.7. The molecular weight excluding hydrogens is 467 g/mol. The van der Waals surface area contributed by atoms with Gasteiger partial charge in [0, 0.05) is 29.6 Å². The van der Waals surface area contributed by atoms with Gasteiger partial charge in [-0.3, -0.25) is 4.79 Å². The minimum Gasteiger partial charge on any atom is -0.493 e. The van der Waals surface area contributed by atoms with Crippen LogP contribution in [0.3, 0.4) is 0 Å². The van der Waals surface area contributed by atoms with E-state index in [-0.39, 0.29) is 17.8 Å². The highest BCUT2D eigenvalue weighted by molar-refractivity contribution is 7.07. The maximum atomic E-state index is 13.1. The third-order valence-corrected chi connectivity index (χ3v) is 6.36. The summed E-state index contributed by atoms with van der Waals surface area (Å²) in [5, 5.41) is 3.40. The second-order valence-corrected chi connectivity index (χ2v) is 9.01. The highest BCUT2D eigenvalue weighted by Crippen LogP contribution is 2.33. The molecule has 3 aromatic rings. The fourth-order valence-corrected chi connectivity index (χ4v) is 4.23. The molecule has 1 unspecified atom stereocenters. The largest absolute Gasteiger partial charge is 0.493 e. The van der Waals surface area contributed by atoms with E-state index < -0.39 is 0 Å². The fourth-order valence-electron chi connectivity index (χ4n) is 3.67. The number of rotatable bonds is 13. The predicted octanol–water partition coefficient (Wildman–Crippen LogP) is 5.31. The number of nitrogens with zero attached hydrogens (tertiary/aromatic N) is 3. The summed E-state index contributed by atoms with van der Waals surface area (Å²) in [6, 6.07) is 11.3. The number of ether oxygens (including phenoxy) is 2. The Morgan fingerprint density at radius 3 is 2.57 bits per heavy atom. The van der Waals surface area contributed by atoms with Crippen molar-refractivity contribution in [2.75, 3.05) is 26.7 Å². The normalized spacial score (nSPS) is 11.9. The van der Waals surface area contributed by atoms with Gasteiger partial charge >= 0.3 is 0 Å². The zero-order valence-corrected chi connectivity index (χ0v) is 21.5. The summed E-state index contributed by atoms with van der Waals surface area (Å²) < 4.78 is 28.8. The van der Waals surface area contributed by atoms with E-state index in [0.29, 0.717) is 34.5 Å². The first-order valence-electron chi connectivity index (χ1n) is 11.9. The summed E-state index contributed by atoms with van der Waals surface area (Å²) >= 11 is 1.11. The van der Waals surface area contributed by atoms with E-state index in [1.54, 1.807) is 37.4 Å². The van der Waals surface area contributed by atoms with Crippen molar-refractivity contribution >= 4 is 17.4 Å². The Kier molecular flexibility index (Phi) is 9.98. The van der Waals surface area contributed by atoms with Crippen molar-refractivity contribution in [2.45, 2.75) is 46.1 Å². The standard InChI is InChI=1S/C26H33FN4O3S/c1-5-31(6-2)15-7-8-18(3)28-25(32)20-11-14-22(33-4)23(17-20)34-26-29-24(30-35-26)16-19-9-12-21(27)13-10-19/h9-14,17-18H,5-8,15-16H2,1-4H3,(H,28,32). The van der Waals surface area contributed by atoms with E-state index >= 15 is 0 Å². The van der Waals surface area contributed by atoms with Crippen LogP contribution in [-0.2, 0) is 6.42 Å². The Bertz CT molecular complexity index is 1090. The average molecular weight is 501 g/mol. The molecule has 1 atom stereocenters. The third kappa shape index (κ3) is 8.00. The lowest BCUT2D eigenvalue weighted by Crippen LogP contribution is -2.33. The molecule has 0 aliphatic rings. The van der Waals surface area contributed by atoms with Gasteiger partial charge in [0.1, 0.15) is 5.82 Å². The van der Waals surface area contributed by atoms with Crippen LogP contribution < -0.4 is 14.8 Å². The third-order valence-electron chi connectivity index (χ3n) is 5.73. The molecule has 0 fully saturated rings. The summed E-state index contributed by atoms with van der Waals surface area (Å²) in [7, 11) is 1.54. The second kappa shape index (κ2) is 13.2. The van der Waals surface area contributed by atoms with Crippen LogP contribution in [0.25, 0.3) is 0 Å². The summed E-state index contributed by atoms with van der Waals surface area (Å²) in [6.07, 6.45) is 2.40. The lowest BCUT2D eigenvalue weighted by atomic mass is 10.1. The van der Waals surface area contributed by atoms with Crippen molar-refractivity contribution in [1.82, 2.24) is 19.6 Å². The van der Waals surface area contributed by atoms with E-state index in [0.717, 1.165) is 49.6 Å². The number of hydrogen-bond acceptors (Lipinski definition) is 7. The molecular formula is C26H33FN4O3S. The molecule has 0 aliphatic carbocycles. The molecule has 2 aromatic carbocycles. The van der Waals surface area contributed by atoms with Crippen LogP contribution in [0, 0.1) is 5.82 Å². The molecule has 7 nitrogen and oxygen atoms in total. The van der Waals surface area contributed by atoms with Crippen molar-refractivity contribution in [1.29, 1.82) is 0 Å². The van der Waals surface area contributed by atoms with Gasteiger partial charge in [-0.2, -0.15) is 9.36 Å². The van der Waals surface area contributed by atoms with E-state index in [1.165, 1.54) is 12.1 Å². The van der Waals surface area contributed by atoms with E-state index in [1.807, 2.05) is 6.92 Å². The number of aromatic nitrogens is 2. The Labute approximate surface area is 210 Å². The Morgan fingerprint density at radius 1 is 1.14 bits per heavy atom. The van der Waals surface area contributed by atoms with Crippen molar-refractivity contribution in [3.05, 3.63) is 65.2 Å². The van der Waals surface area contributed by atoms with Gasteiger partial charge in [-0.05, 0) is 75.3 Å². The van der Waals surface area contributed by atoms with E-state index in [4.69, 9.17) is 9.47 Å². The van der Waals surface area contributed by atoms with Crippen molar-refractivity contribution in [3.8, 4) is 16.7 Å². The maximum Gasteiger partial charge on any atom is 0.298 e. The Hall–Kier alpha value is -3.04. The topological polar surface area (TPSA) is 76.6 Å². The molecule has 0 saturated carbocycles. The molecule has 0 radical (unpaired) electrons. The fraction of sp³-hybridized carbons (Fsp3) is 0.423. The smallest absolute Gasteiger partial charge is 0.298 e. The molecule has 1 heterocycles. The van der Waals surface area contributed by atoms with E-state index in [9.17, 15) is 9.18 Å². The SMILES string of the molecule is CCN(CC)CCCC(C)NC(=O)c1ccc(OC)c(Oc2nc(Cc3ccc(F)cc3)ns2)c1. The number of hydrogen-bond donors (Lipinski definition) is 1. The number of carbonyl (C=O) groups is 1. The predicted molar refractivity (Wildman–Crippen MR) is 136 cm³/mol. The van der Waals surface area contributed by atoms with Crippen LogP contribution in [-0.4, -0.2) is 53.0 Å². The molecule has 35 heavy (non-hydrogen) atoms. The van der Waals surface area contributed by atoms with Crippen LogP contribution >= 0.6 is 11.5 Å². The highest BCUT2D eigenvalue weighted by atomic mass is 32.1. The molecule has 9 heteroatoms. The zero-order chi connectivity index (χ0) is 25.2. The molecule has 1 aromatic heterocycles. The molecule has 0 spiro atoms. The molecule has 3 rings (SSSR count). The second-order valence-electron chi connectivity index (χ2n) is 8.29. The van der Waals surface area contributed by atoms with Crippen LogP contribution in [0.15, 0.2) is 42.5 Å². The van der Waals surface area contributed by atoms with Gasteiger partial charge in [-0.1, -0.05) is 26.0 Å². The Morgan fingerprint density at radius 2 is 1.89 bits per heavy atom. The van der Waals surface area contributed by atoms with Gasteiger partial charge in [-0.15, -0.1) is 0 Å². The first-order chi connectivity index (χ1) is 16.9. The molecule has 1 amide bonds.